The van der Waals surface area contributed by atoms with E-state index in [2.05, 4.69) is 9.88 Å². The first-order valence-corrected chi connectivity index (χ1v) is 6.66. The number of methoxy groups -OCH3 is 1. The van der Waals surface area contributed by atoms with Gasteiger partial charge in [0.05, 0.1) is 18.9 Å². The van der Waals surface area contributed by atoms with Gasteiger partial charge in [-0.05, 0) is 24.8 Å². The van der Waals surface area contributed by atoms with E-state index in [-0.39, 0.29) is 6.10 Å². The molecule has 1 N–H and O–H groups in total. The molecule has 3 atom stereocenters. The maximum atomic E-state index is 9.90. The van der Waals surface area contributed by atoms with Crippen molar-refractivity contribution >= 4 is 0 Å². The smallest absolute Gasteiger partial charge is 0.213 e. The van der Waals surface area contributed by atoms with Crippen molar-refractivity contribution in [3.63, 3.8) is 0 Å². The summed E-state index contributed by atoms with van der Waals surface area (Å²) in [6.07, 6.45) is 2.08. The quantitative estimate of drug-likeness (QED) is 0.875. The lowest BCUT2D eigenvalue weighted by molar-refractivity contribution is 0.123. The summed E-state index contributed by atoms with van der Waals surface area (Å²) in [6, 6.07) is 5.88. The van der Waals surface area contributed by atoms with Crippen molar-refractivity contribution in [2.75, 3.05) is 20.2 Å². The molecule has 4 heteroatoms. The van der Waals surface area contributed by atoms with Gasteiger partial charge in [0.15, 0.2) is 0 Å². The van der Waals surface area contributed by atoms with Crippen LogP contribution in [0.5, 0.6) is 5.88 Å². The fourth-order valence-corrected chi connectivity index (χ4v) is 3.35. The maximum absolute atomic E-state index is 9.90. The van der Waals surface area contributed by atoms with Crippen LogP contribution < -0.4 is 4.74 Å². The van der Waals surface area contributed by atoms with Crippen LogP contribution in [-0.2, 0) is 6.54 Å². The molecule has 0 radical (unpaired) electrons. The minimum atomic E-state index is -0.0849. The summed E-state index contributed by atoms with van der Waals surface area (Å²) in [4.78, 5) is 6.84. The predicted octanol–water partition coefficient (Wildman–Crippen LogP) is 1.29. The van der Waals surface area contributed by atoms with Crippen molar-refractivity contribution in [2.24, 2.45) is 11.8 Å². The van der Waals surface area contributed by atoms with Gasteiger partial charge in [0, 0.05) is 31.6 Å². The second-order valence-electron chi connectivity index (χ2n) is 5.43. The molecule has 1 saturated carbocycles. The molecule has 1 aromatic heterocycles. The Morgan fingerprint density at radius 1 is 1.39 bits per heavy atom. The van der Waals surface area contributed by atoms with E-state index in [1.54, 1.807) is 7.11 Å². The minimum absolute atomic E-state index is 0.0849. The van der Waals surface area contributed by atoms with E-state index in [9.17, 15) is 5.11 Å². The molecule has 3 rings (SSSR count). The van der Waals surface area contributed by atoms with Gasteiger partial charge in [-0.2, -0.15) is 0 Å². The Balaban J connectivity index is 1.64. The van der Waals surface area contributed by atoms with Crippen molar-refractivity contribution in [1.29, 1.82) is 0 Å². The molecule has 1 aliphatic heterocycles. The zero-order valence-electron chi connectivity index (χ0n) is 10.7. The minimum Gasteiger partial charge on any atom is -0.481 e. The van der Waals surface area contributed by atoms with Crippen molar-refractivity contribution in [1.82, 2.24) is 9.88 Å². The summed E-state index contributed by atoms with van der Waals surface area (Å²) in [5.74, 6) is 1.84. The third kappa shape index (κ3) is 2.22. The van der Waals surface area contributed by atoms with Crippen LogP contribution in [0.2, 0.25) is 0 Å². The van der Waals surface area contributed by atoms with Crippen LogP contribution in [0.1, 0.15) is 18.5 Å². The molecular weight excluding hydrogens is 228 g/mol. The van der Waals surface area contributed by atoms with Gasteiger partial charge in [-0.1, -0.05) is 6.07 Å². The largest absolute Gasteiger partial charge is 0.481 e. The number of fused-ring (bicyclic) bond motifs is 1. The normalized spacial score (nSPS) is 31.6. The highest BCUT2D eigenvalue weighted by Gasteiger charge is 2.41. The average molecular weight is 248 g/mol. The van der Waals surface area contributed by atoms with Gasteiger partial charge in [-0.25, -0.2) is 4.98 Å². The van der Waals surface area contributed by atoms with Crippen molar-refractivity contribution < 1.29 is 9.84 Å². The average Bonchev–Trinajstić information content (AvgIpc) is 2.92. The number of hydrogen-bond acceptors (Lipinski definition) is 4. The molecule has 4 nitrogen and oxygen atoms in total. The second kappa shape index (κ2) is 4.86. The number of ether oxygens (including phenoxy) is 1. The summed E-state index contributed by atoms with van der Waals surface area (Å²) in [5, 5.41) is 9.90. The first-order valence-electron chi connectivity index (χ1n) is 6.66. The topological polar surface area (TPSA) is 45.6 Å². The third-order valence-corrected chi connectivity index (χ3v) is 4.27. The Morgan fingerprint density at radius 2 is 2.28 bits per heavy atom. The lowest BCUT2D eigenvalue weighted by Gasteiger charge is -2.17. The summed E-state index contributed by atoms with van der Waals surface area (Å²) in [7, 11) is 1.64. The third-order valence-electron chi connectivity index (χ3n) is 4.27. The summed E-state index contributed by atoms with van der Waals surface area (Å²) >= 11 is 0. The Labute approximate surface area is 108 Å². The van der Waals surface area contributed by atoms with Crippen molar-refractivity contribution in [3.8, 4) is 5.88 Å². The molecule has 3 unspecified atom stereocenters. The van der Waals surface area contributed by atoms with Crippen LogP contribution in [-0.4, -0.2) is 41.3 Å². The number of aromatic nitrogens is 1. The van der Waals surface area contributed by atoms with Crippen LogP contribution >= 0.6 is 0 Å². The molecule has 1 aromatic rings. The first-order chi connectivity index (χ1) is 8.76. The van der Waals surface area contributed by atoms with Gasteiger partial charge in [0.25, 0.3) is 0 Å². The lowest BCUT2D eigenvalue weighted by atomic mass is 10.00. The summed E-state index contributed by atoms with van der Waals surface area (Å²) in [6.45, 7) is 2.96. The summed E-state index contributed by atoms with van der Waals surface area (Å²) in [5.41, 5.74) is 1.05. The fourth-order valence-electron chi connectivity index (χ4n) is 3.35. The zero-order chi connectivity index (χ0) is 12.5. The number of nitrogens with zero attached hydrogens (tertiary/aromatic N) is 2. The molecule has 1 aliphatic carbocycles. The molecule has 98 valence electrons. The van der Waals surface area contributed by atoms with E-state index >= 15 is 0 Å². The molecule has 2 aliphatic rings. The Kier molecular flexibility index (Phi) is 3.22. The molecule has 0 amide bonds. The Morgan fingerprint density at radius 3 is 3.06 bits per heavy atom. The van der Waals surface area contributed by atoms with E-state index in [1.807, 2.05) is 18.2 Å². The summed E-state index contributed by atoms with van der Waals surface area (Å²) < 4.78 is 5.14. The number of hydrogen-bond donors (Lipinski definition) is 1. The molecule has 18 heavy (non-hydrogen) atoms. The molecule has 1 saturated heterocycles. The van der Waals surface area contributed by atoms with Crippen molar-refractivity contribution in [2.45, 2.75) is 25.5 Å². The molecule has 0 aromatic carbocycles. The lowest BCUT2D eigenvalue weighted by Crippen LogP contribution is -2.24. The molecule has 0 bridgehead atoms. The zero-order valence-corrected chi connectivity index (χ0v) is 10.7. The highest BCUT2D eigenvalue weighted by Crippen LogP contribution is 2.38. The molecule has 2 fully saturated rings. The van der Waals surface area contributed by atoms with Gasteiger partial charge < -0.3 is 9.84 Å². The second-order valence-corrected chi connectivity index (χ2v) is 5.43. The Bertz CT molecular complexity index is 424. The first kappa shape index (κ1) is 11.9. The van der Waals surface area contributed by atoms with E-state index in [0.29, 0.717) is 17.7 Å². The van der Waals surface area contributed by atoms with Gasteiger partial charge in [-0.3, -0.25) is 4.90 Å². The number of likely N-dealkylation sites (tertiary alicyclic amines) is 1. The highest BCUT2D eigenvalue weighted by molar-refractivity contribution is 5.15. The van der Waals surface area contributed by atoms with E-state index < -0.39 is 0 Å². The number of aliphatic hydroxyl groups excluding tert-OH is 1. The van der Waals surface area contributed by atoms with Gasteiger partial charge in [0.2, 0.25) is 5.88 Å². The van der Waals surface area contributed by atoms with Gasteiger partial charge >= 0.3 is 0 Å². The molecular formula is C14H20N2O2. The van der Waals surface area contributed by atoms with Crippen LogP contribution in [0.15, 0.2) is 18.2 Å². The standard InChI is InChI=1S/C14H20N2O2/c1-18-14-4-2-3-11(15-14)8-16-7-10-5-6-13(17)12(10)9-16/h2-4,10,12-13,17H,5-9H2,1H3. The Hall–Kier alpha value is -1.13. The monoisotopic (exact) mass is 248 g/mol. The van der Waals surface area contributed by atoms with E-state index in [1.165, 1.54) is 6.42 Å². The molecule has 0 spiro atoms. The van der Waals surface area contributed by atoms with Crippen LogP contribution in [0.3, 0.4) is 0 Å². The van der Waals surface area contributed by atoms with E-state index in [0.717, 1.165) is 31.7 Å². The predicted molar refractivity (Wildman–Crippen MR) is 68.3 cm³/mol. The van der Waals surface area contributed by atoms with Crippen LogP contribution in [0.4, 0.5) is 0 Å². The number of aliphatic hydroxyl groups is 1. The van der Waals surface area contributed by atoms with Gasteiger partial charge in [0.1, 0.15) is 0 Å². The fraction of sp³-hybridized carbons (Fsp3) is 0.643. The van der Waals surface area contributed by atoms with Crippen LogP contribution in [0.25, 0.3) is 0 Å². The molecule has 2 heterocycles. The van der Waals surface area contributed by atoms with Crippen LogP contribution in [0, 0.1) is 11.8 Å². The van der Waals surface area contributed by atoms with Gasteiger partial charge in [-0.15, -0.1) is 0 Å². The van der Waals surface area contributed by atoms with Crippen molar-refractivity contribution in [3.05, 3.63) is 23.9 Å². The maximum Gasteiger partial charge on any atom is 0.213 e. The highest BCUT2D eigenvalue weighted by atomic mass is 16.5. The number of pyridine rings is 1. The van der Waals surface area contributed by atoms with E-state index in [4.69, 9.17) is 4.74 Å². The SMILES string of the molecule is COc1cccc(CN2CC3CCC(O)C3C2)n1. The number of rotatable bonds is 3.